The Morgan fingerprint density at radius 1 is 1.15 bits per heavy atom. The van der Waals surface area contributed by atoms with Gasteiger partial charge in [0.05, 0.1) is 14.8 Å². The minimum absolute atomic E-state index is 0.168. The molecule has 0 amide bonds. The summed E-state index contributed by atoms with van der Waals surface area (Å²) in [6, 6.07) is 10.9. The van der Waals surface area contributed by atoms with Crippen molar-refractivity contribution in [1.29, 1.82) is 0 Å². The fraction of sp³-hybridized carbons (Fsp3) is 0. The van der Waals surface area contributed by atoms with Crippen LogP contribution >= 0.6 is 22.6 Å². The normalized spacial score (nSPS) is 11.9. The van der Waals surface area contributed by atoms with Gasteiger partial charge in [-0.05, 0) is 46.9 Å². The van der Waals surface area contributed by atoms with Crippen LogP contribution in [0.15, 0.2) is 53.6 Å². The van der Waals surface area contributed by atoms with E-state index in [0.29, 0.717) is 9.09 Å². The van der Waals surface area contributed by atoms with Crippen LogP contribution < -0.4 is 0 Å². The van der Waals surface area contributed by atoms with Crippen LogP contribution in [0.4, 0.5) is 4.39 Å². The van der Waals surface area contributed by atoms with Crippen molar-refractivity contribution in [1.82, 2.24) is 8.96 Å². The molecule has 0 aliphatic rings. The van der Waals surface area contributed by atoms with E-state index >= 15 is 0 Å². The fourth-order valence-electron chi connectivity index (χ4n) is 1.94. The third-order valence-electron chi connectivity index (χ3n) is 2.80. The second-order valence-electron chi connectivity index (χ2n) is 4.12. The van der Waals surface area contributed by atoms with Crippen molar-refractivity contribution in [3.05, 3.63) is 58.2 Å². The van der Waals surface area contributed by atoms with Crippen molar-refractivity contribution in [2.75, 3.05) is 0 Å². The molecular weight excluding hydrogens is 394 g/mol. The summed E-state index contributed by atoms with van der Waals surface area (Å²) in [5, 5.41) is 0.453. The molecule has 2 heterocycles. The maximum atomic E-state index is 13.2. The number of aromatic nitrogens is 2. The largest absolute Gasteiger partial charge is 0.270 e. The zero-order valence-electron chi connectivity index (χ0n) is 9.99. The first-order chi connectivity index (χ1) is 9.50. The maximum absolute atomic E-state index is 13.2. The van der Waals surface area contributed by atoms with Gasteiger partial charge in [0.25, 0.3) is 10.0 Å². The highest BCUT2D eigenvalue weighted by Gasteiger charge is 2.22. The van der Waals surface area contributed by atoms with Gasteiger partial charge < -0.3 is 0 Å². The highest BCUT2D eigenvalue weighted by Crippen LogP contribution is 2.25. The summed E-state index contributed by atoms with van der Waals surface area (Å²) in [7, 11) is -3.74. The van der Waals surface area contributed by atoms with Gasteiger partial charge in [0.2, 0.25) is 0 Å². The third kappa shape index (κ3) is 2.10. The monoisotopic (exact) mass is 402 g/mol. The van der Waals surface area contributed by atoms with Crippen molar-refractivity contribution in [3.63, 3.8) is 0 Å². The Balaban J connectivity index is 2.32. The van der Waals surface area contributed by atoms with Gasteiger partial charge in [0.15, 0.2) is 5.65 Å². The Morgan fingerprint density at radius 2 is 1.85 bits per heavy atom. The quantitative estimate of drug-likeness (QED) is 0.620. The molecule has 3 aromatic rings. The highest BCUT2D eigenvalue weighted by molar-refractivity contribution is 14.1. The topological polar surface area (TPSA) is 52.0 Å². The van der Waals surface area contributed by atoms with Crippen molar-refractivity contribution in [3.8, 4) is 0 Å². The average Bonchev–Trinajstić information content (AvgIpc) is 2.75. The summed E-state index contributed by atoms with van der Waals surface area (Å²) in [6.07, 6.45) is 1.01. The lowest BCUT2D eigenvalue weighted by molar-refractivity contribution is 0.587. The number of halogens is 2. The molecule has 1 aromatic carbocycles. The minimum atomic E-state index is -3.74. The van der Waals surface area contributed by atoms with Crippen molar-refractivity contribution >= 4 is 43.6 Å². The second kappa shape index (κ2) is 4.81. The molecule has 0 fully saturated rings. The van der Waals surface area contributed by atoms with E-state index in [0.717, 1.165) is 10.2 Å². The van der Waals surface area contributed by atoms with Gasteiger partial charge in [-0.2, -0.15) is 0 Å². The molecule has 0 N–H and O–H groups in total. The number of rotatable bonds is 2. The van der Waals surface area contributed by atoms with Gasteiger partial charge >= 0.3 is 0 Å². The van der Waals surface area contributed by atoms with E-state index in [2.05, 4.69) is 4.98 Å². The number of nitrogens with zero attached hydrogens (tertiary/aromatic N) is 2. The van der Waals surface area contributed by atoms with Crippen LogP contribution in [0.5, 0.6) is 0 Å². The fourth-order valence-corrected chi connectivity index (χ4v) is 4.65. The molecule has 3 rings (SSSR count). The Kier molecular flexibility index (Phi) is 3.25. The number of hydrogen-bond donors (Lipinski definition) is 0. The average molecular weight is 402 g/mol. The van der Waals surface area contributed by atoms with E-state index in [9.17, 15) is 12.8 Å². The summed E-state index contributed by atoms with van der Waals surface area (Å²) in [4.78, 5) is 4.07. The van der Waals surface area contributed by atoms with Gasteiger partial charge in [-0.25, -0.2) is 21.8 Å². The zero-order valence-corrected chi connectivity index (χ0v) is 13.0. The Morgan fingerprint density at radius 3 is 2.55 bits per heavy atom. The minimum Gasteiger partial charge on any atom is -0.234 e. The number of benzene rings is 1. The van der Waals surface area contributed by atoms with Gasteiger partial charge in [0, 0.05) is 5.39 Å². The molecule has 0 atom stereocenters. The third-order valence-corrected chi connectivity index (χ3v) is 5.64. The lowest BCUT2D eigenvalue weighted by Crippen LogP contribution is -2.14. The first kappa shape index (κ1) is 13.5. The van der Waals surface area contributed by atoms with Gasteiger partial charge in [-0.3, -0.25) is 0 Å². The smallest absolute Gasteiger partial charge is 0.234 e. The van der Waals surface area contributed by atoms with Crippen LogP contribution in [0.2, 0.25) is 0 Å². The van der Waals surface area contributed by atoms with Crippen molar-refractivity contribution in [2.45, 2.75) is 4.90 Å². The van der Waals surface area contributed by atoms with Gasteiger partial charge in [0.1, 0.15) is 5.82 Å². The summed E-state index contributed by atoms with van der Waals surface area (Å²) in [5.74, 6) is -0.497. The molecule has 0 radical (unpaired) electrons. The molecule has 0 saturated carbocycles. The van der Waals surface area contributed by atoms with Crippen LogP contribution in [0.25, 0.3) is 11.0 Å². The predicted molar refractivity (Wildman–Crippen MR) is 81.4 cm³/mol. The van der Waals surface area contributed by atoms with E-state index < -0.39 is 15.8 Å². The van der Waals surface area contributed by atoms with E-state index in [1.54, 1.807) is 24.3 Å². The summed E-state index contributed by atoms with van der Waals surface area (Å²) in [5.41, 5.74) is 0.222. The molecule has 20 heavy (non-hydrogen) atoms. The van der Waals surface area contributed by atoms with Crippen molar-refractivity contribution in [2.24, 2.45) is 0 Å². The SMILES string of the molecule is O=S(=O)(c1ccccc1)n1c(I)cc2cc(F)cnc21. The number of hydrogen-bond acceptors (Lipinski definition) is 3. The van der Waals surface area contributed by atoms with Crippen LogP contribution in [-0.4, -0.2) is 17.4 Å². The van der Waals surface area contributed by atoms with E-state index in [-0.39, 0.29) is 10.5 Å². The number of pyridine rings is 1. The Bertz CT molecular complexity index is 891. The van der Waals surface area contributed by atoms with Crippen LogP contribution in [0, 0.1) is 9.52 Å². The zero-order chi connectivity index (χ0) is 14.3. The lowest BCUT2D eigenvalue weighted by atomic mass is 10.3. The second-order valence-corrected chi connectivity index (χ2v) is 7.01. The first-order valence-corrected chi connectivity index (χ1v) is 8.15. The summed E-state index contributed by atoms with van der Waals surface area (Å²) in [6.45, 7) is 0. The van der Waals surface area contributed by atoms with Crippen molar-refractivity contribution < 1.29 is 12.8 Å². The molecule has 7 heteroatoms. The van der Waals surface area contributed by atoms with Gasteiger partial charge in [-0.15, -0.1) is 0 Å². The predicted octanol–water partition coefficient (Wildman–Crippen LogP) is 3.02. The summed E-state index contributed by atoms with van der Waals surface area (Å²) >= 11 is 1.90. The van der Waals surface area contributed by atoms with Crippen LogP contribution in [-0.2, 0) is 10.0 Å². The van der Waals surface area contributed by atoms with Gasteiger partial charge in [-0.1, -0.05) is 18.2 Å². The molecule has 4 nitrogen and oxygen atoms in total. The molecule has 0 bridgehead atoms. The standard InChI is InChI=1S/C13H8FIN2O2S/c14-10-6-9-7-12(15)17(13(9)16-8-10)20(18,19)11-4-2-1-3-5-11/h1-8H. The molecule has 2 aromatic heterocycles. The molecule has 0 spiro atoms. The molecular formula is C13H8FIN2O2S. The first-order valence-electron chi connectivity index (χ1n) is 5.63. The highest BCUT2D eigenvalue weighted by atomic mass is 127. The van der Waals surface area contributed by atoms with Crippen LogP contribution in [0.3, 0.4) is 0 Å². The lowest BCUT2D eigenvalue weighted by Gasteiger charge is -2.08. The Labute approximate surface area is 128 Å². The van der Waals surface area contributed by atoms with E-state index in [1.807, 2.05) is 22.6 Å². The van der Waals surface area contributed by atoms with E-state index in [4.69, 9.17) is 0 Å². The van der Waals surface area contributed by atoms with E-state index in [1.165, 1.54) is 18.2 Å². The maximum Gasteiger partial charge on any atom is 0.270 e. The molecule has 0 aliphatic heterocycles. The number of fused-ring (bicyclic) bond motifs is 1. The molecule has 0 aliphatic carbocycles. The molecule has 0 unspecified atom stereocenters. The van der Waals surface area contributed by atoms with Crippen LogP contribution in [0.1, 0.15) is 0 Å². The molecule has 102 valence electrons. The molecule has 0 saturated heterocycles. The summed E-state index contributed by atoms with van der Waals surface area (Å²) < 4.78 is 40.0. The Hall–Kier alpha value is -1.48.